The summed E-state index contributed by atoms with van der Waals surface area (Å²) in [6.07, 6.45) is 2.56. The molecule has 0 fully saturated rings. The largest absolute Gasteiger partial charge is 0.315 e. The lowest BCUT2D eigenvalue weighted by atomic mass is 10.1. The molecule has 1 N–H and O–H groups in total. The number of nitrogens with zero attached hydrogens (tertiary/aromatic N) is 1. The summed E-state index contributed by atoms with van der Waals surface area (Å²) in [4.78, 5) is 0. The Morgan fingerprint density at radius 2 is 1.72 bits per heavy atom. The van der Waals surface area contributed by atoms with Crippen molar-refractivity contribution in [2.45, 2.75) is 53.0 Å². The van der Waals surface area contributed by atoms with Crippen LogP contribution < -0.4 is 5.32 Å². The Morgan fingerprint density at radius 1 is 1.11 bits per heavy atom. The quantitative estimate of drug-likeness (QED) is 0.622. The van der Waals surface area contributed by atoms with E-state index in [0.29, 0.717) is 18.5 Å². The maximum Gasteiger partial charge on any atom is 0.213 e. The van der Waals surface area contributed by atoms with E-state index in [1.54, 1.807) is 7.05 Å². The molecule has 0 amide bonds. The summed E-state index contributed by atoms with van der Waals surface area (Å²) in [5.41, 5.74) is 0. The minimum absolute atomic E-state index is 0.265. The van der Waals surface area contributed by atoms with Crippen LogP contribution >= 0.6 is 0 Å². The van der Waals surface area contributed by atoms with Crippen LogP contribution in [0, 0.1) is 5.92 Å². The summed E-state index contributed by atoms with van der Waals surface area (Å²) in [6.45, 7) is 9.93. The SMILES string of the molecule is CC(C)CCN(C)S(=O)(=O)CCCCNC(C)C. The smallest absolute Gasteiger partial charge is 0.213 e. The third-order valence-corrected chi connectivity index (χ3v) is 4.81. The lowest BCUT2D eigenvalue weighted by Gasteiger charge is -2.18. The molecule has 0 spiro atoms. The molecule has 0 rings (SSSR count). The van der Waals surface area contributed by atoms with Crippen LogP contribution in [0.4, 0.5) is 0 Å². The van der Waals surface area contributed by atoms with Crippen LogP contribution in [-0.2, 0) is 10.0 Å². The highest BCUT2D eigenvalue weighted by atomic mass is 32.2. The first-order valence-corrected chi connectivity index (χ1v) is 8.54. The maximum atomic E-state index is 11.9. The minimum atomic E-state index is -3.05. The van der Waals surface area contributed by atoms with Gasteiger partial charge in [-0.1, -0.05) is 27.7 Å². The first kappa shape index (κ1) is 17.9. The van der Waals surface area contributed by atoms with E-state index in [9.17, 15) is 8.42 Å². The molecule has 0 saturated carbocycles. The van der Waals surface area contributed by atoms with E-state index >= 15 is 0 Å². The zero-order valence-corrected chi connectivity index (χ0v) is 13.4. The Bertz CT molecular complexity index is 300. The van der Waals surface area contributed by atoms with Crippen molar-refractivity contribution >= 4 is 10.0 Å². The van der Waals surface area contributed by atoms with Gasteiger partial charge in [0, 0.05) is 19.6 Å². The van der Waals surface area contributed by atoms with Gasteiger partial charge in [0.1, 0.15) is 0 Å². The molecule has 4 nitrogen and oxygen atoms in total. The third-order valence-electron chi connectivity index (χ3n) is 2.88. The molecule has 0 aromatic heterocycles. The average Bonchev–Trinajstić information content (AvgIpc) is 2.24. The van der Waals surface area contributed by atoms with Gasteiger partial charge in [-0.25, -0.2) is 12.7 Å². The van der Waals surface area contributed by atoms with Gasteiger partial charge >= 0.3 is 0 Å². The van der Waals surface area contributed by atoms with Crippen molar-refractivity contribution in [3.8, 4) is 0 Å². The van der Waals surface area contributed by atoms with Crippen molar-refractivity contribution in [3.63, 3.8) is 0 Å². The second kappa shape index (κ2) is 8.88. The first-order valence-electron chi connectivity index (χ1n) is 6.93. The van der Waals surface area contributed by atoms with Crippen molar-refractivity contribution in [3.05, 3.63) is 0 Å². The van der Waals surface area contributed by atoms with Gasteiger partial charge in [0.2, 0.25) is 10.0 Å². The topological polar surface area (TPSA) is 49.4 Å². The lowest BCUT2D eigenvalue weighted by molar-refractivity contribution is 0.426. The van der Waals surface area contributed by atoms with Crippen molar-refractivity contribution in [1.82, 2.24) is 9.62 Å². The zero-order valence-electron chi connectivity index (χ0n) is 12.6. The molecular formula is C13H30N2O2S. The summed E-state index contributed by atoms with van der Waals surface area (Å²) < 4.78 is 25.4. The Hall–Kier alpha value is -0.130. The molecule has 0 aromatic carbocycles. The number of rotatable bonds is 10. The molecular weight excluding hydrogens is 248 g/mol. The van der Waals surface area contributed by atoms with Gasteiger partial charge in [-0.15, -0.1) is 0 Å². The standard InChI is InChI=1S/C13H30N2O2S/c1-12(2)8-10-15(5)18(16,17)11-7-6-9-14-13(3)4/h12-14H,6-11H2,1-5H3. The molecule has 0 aliphatic rings. The molecule has 5 heteroatoms. The number of sulfonamides is 1. The fraction of sp³-hybridized carbons (Fsp3) is 1.00. The second-order valence-electron chi connectivity index (χ2n) is 5.64. The highest BCUT2D eigenvalue weighted by Gasteiger charge is 2.17. The summed E-state index contributed by atoms with van der Waals surface area (Å²) in [6, 6.07) is 0.468. The van der Waals surface area contributed by atoms with Crippen LogP contribution in [0.15, 0.2) is 0 Å². The molecule has 0 aliphatic heterocycles. The molecule has 110 valence electrons. The maximum absolute atomic E-state index is 11.9. The molecule has 0 atom stereocenters. The van der Waals surface area contributed by atoms with Gasteiger partial charge in [0.05, 0.1) is 5.75 Å². The normalized spacial score (nSPS) is 12.9. The van der Waals surface area contributed by atoms with Crippen LogP contribution in [0.1, 0.15) is 47.0 Å². The molecule has 0 saturated heterocycles. The third kappa shape index (κ3) is 8.89. The van der Waals surface area contributed by atoms with E-state index in [1.807, 2.05) is 0 Å². The van der Waals surface area contributed by atoms with Crippen LogP contribution in [0.25, 0.3) is 0 Å². The molecule has 0 heterocycles. The Kier molecular flexibility index (Phi) is 8.82. The average molecular weight is 278 g/mol. The van der Waals surface area contributed by atoms with E-state index in [-0.39, 0.29) is 5.75 Å². The molecule has 0 aliphatic carbocycles. The minimum Gasteiger partial charge on any atom is -0.315 e. The summed E-state index contributed by atoms with van der Waals surface area (Å²) >= 11 is 0. The van der Waals surface area contributed by atoms with Crippen LogP contribution in [0.5, 0.6) is 0 Å². The van der Waals surface area contributed by atoms with E-state index in [1.165, 1.54) is 4.31 Å². The molecule has 18 heavy (non-hydrogen) atoms. The number of hydrogen-bond acceptors (Lipinski definition) is 3. The van der Waals surface area contributed by atoms with Crippen molar-refractivity contribution in [2.24, 2.45) is 5.92 Å². The van der Waals surface area contributed by atoms with Gasteiger partial charge in [0.25, 0.3) is 0 Å². The van der Waals surface area contributed by atoms with E-state index < -0.39 is 10.0 Å². The predicted molar refractivity (Wildman–Crippen MR) is 78.2 cm³/mol. The van der Waals surface area contributed by atoms with Crippen molar-refractivity contribution in [1.29, 1.82) is 0 Å². The van der Waals surface area contributed by atoms with Crippen molar-refractivity contribution < 1.29 is 8.42 Å². The lowest BCUT2D eigenvalue weighted by Crippen LogP contribution is -2.31. The van der Waals surface area contributed by atoms with E-state index in [0.717, 1.165) is 25.8 Å². The van der Waals surface area contributed by atoms with Crippen LogP contribution in [-0.4, -0.2) is 44.7 Å². The first-order chi connectivity index (χ1) is 8.25. The highest BCUT2D eigenvalue weighted by Crippen LogP contribution is 2.07. The molecule has 0 radical (unpaired) electrons. The molecule has 0 bridgehead atoms. The zero-order chi connectivity index (χ0) is 14.2. The fourth-order valence-electron chi connectivity index (χ4n) is 1.54. The molecule has 0 aromatic rings. The Morgan fingerprint density at radius 3 is 2.22 bits per heavy atom. The van der Waals surface area contributed by atoms with Gasteiger partial charge in [-0.05, 0) is 31.7 Å². The number of hydrogen-bond donors (Lipinski definition) is 1. The van der Waals surface area contributed by atoms with E-state index in [2.05, 4.69) is 33.0 Å². The summed E-state index contributed by atoms with van der Waals surface area (Å²) in [5.74, 6) is 0.805. The predicted octanol–water partition coefficient (Wildman–Crippen LogP) is 2.07. The second-order valence-corrected chi connectivity index (χ2v) is 7.83. The van der Waals surface area contributed by atoms with Crippen molar-refractivity contribution in [2.75, 3.05) is 25.9 Å². The Balaban J connectivity index is 3.85. The van der Waals surface area contributed by atoms with Gasteiger partial charge in [-0.3, -0.25) is 0 Å². The van der Waals surface area contributed by atoms with Crippen LogP contribution in [0.3, 0.4) is 0 Å². The van der Waals surface area contributed by atoms with Gasteiger partial charge in [-0.2, -0.15) is 0 Å². The number of nitrogens with one attached hydrogen (secondary N) is 1. The van der Waals surface area contributed by atoms with Gasteiger partial charge in [0.15, 0.2) is 0 Å². The van der Waals surface area contributed by atoms with Gasteiger partial charge < -0.3 is 5.32 Å². The monoisotopic (exact) mass is 278 g/mol. The van der Waals surface area contributed by atoms with E-state index in [4.69, 9.17) is 0 Å². The summed E-state index contributed by atoms with van der Waals surface area (Å²) in [7, 11) is -1.37. The Labute approximate surface area is 113 Å². The molecule has 0 unspecified atom stereocenters. The van der Waals surface area contributed by atoms with Crippen LogP contribution in [0.2, 0.25) is 0 Å². The summed E-state index contributed by atoms with van der Waals surface area (Å²) in [5, 5.41) is 3.29. The fourth-order valence-corrected chi connectivity index (χ4v) is 2.80. The highest BCUT2D eigenvalue weighted by molar-refractivity contribution is 7.89. The number of unbranched alkanes of at least 4 members (excludes halogenated alkanes) is 1.